The molecule has 0 bridgehead atoms. The van der Waals surface area contributed by atoms with Crippen molar-refractivity contribution in [3.8, 4) is 5.75 Å². The lowest BCUT2D eigenvalue weighted by atomic mass is 10.1. The summed E-state index contributed by atoms with van der Waals surface area (Å²) in [5.74, 6) is -0.265. The number of hydrogen-bond acceptors (Lipinski definition) is 2. The number of aryl methyl sites for hydroxylation is 2. The minimum atomic E-state index is -0.297. The highest BCUT2D eigenvalue weighted by atomic mass is 79.9. The van der Waals surface area contributed by atoms with E-state index in [1.807, 2.05) is 24.3 Å². The van der Waals surface area contributed by atoms with Gasteiger partial charge in [0.15, 0.2) is 0 Å². The van der Waals surface area contributed by atoms with E-state index in [4.69, 9.17) is 0 Å². The Morgan fingerprint density at radius 3 is 2.76 bits per heavy atom. The van der Waals surface area contributed by atoms with Crippen LogP contribution in [0.4, 0.5) is 5.69 Å². The molecule has 110 valence electrons. The van der Waals surface area contributed by atoms with Crippen molar-refractivity contribution in [3.63, 3.8) is 0 Å². The van der Waals surface area contributed by atoms with Crippen LogP contribution in [0.3, 0.4) is 0 Å². The van der Waals surface area contributed by atoms with E-state index >= 15 is 0 Å². The van der Waals surface area contributed by atoms with Gasteiger partial charge in [-0.1, -0.05) is 40.2 Å². The van der Waals surface area contributed by atoms with E-state index in [9.17, 15) is 9.90 Å². The number of phenols is 1. The molecule has 0 fully saturated rings. The van der Waals surface area contributed by atoms with Gasteiger partial charge in [0, 0.05) is 11.0 Å². The number of benzene rings is 2. The lowest BCUT2D eigenvalue weighted by Crippen LogP contribution is -2.12. The summed E-state index contributed by atoms with van der Waals surface area (Å²) >= 11 is 3.41. The molecule has 0 aliphatic carbocycles. The van der Waals surface area contributed by atoms with E-state index in [1.165, 1.54) is 5.56 Å². The molecule has 0 aliphatic rings. The monoisotopic (exact) mass is 347 g/mol. The lowest BCUT2D eigenvalue weighted by molar-refractivity contribution is 0.102. The first kappa shape index (κ1) is 15.6. The molecular formula is C17H18BrNO2. The van der Waals surface area contributed by atoms with Gasteiger partial charge in [-0.3, -0.25) is 4.79 Å². The van der Waals surface area contributed by atoms with Crippen LogP contribution in [0.5, 0.6) is 5.75 Å². The van der Waals surface area contributed by atoms with Gasteiger partial charge in [0.2, 0.25) is 0 Å². The Bertz CT molecular complexity index is 640. The molecule has 2 aromatic rings. The van der Waals surface area contributed by atoms with E-state index in [1.54, 1.807) is 25.1 Å². The predicted molar refractivity (Wildman–Crippen MR) is 89.4 cm³/mol. The third-order valence-corrected chi connectivity index (χ3v) is 3.83. The third kappa shape index (κ3) is 4.08. The van der Waals surface area contributed by atoms with Gasteiger partial charge < -0.3 is 10.4 Å². The lowest BCUT2D eigenvalue weighted by Gasteiger charge is -2.09. The highest BCUT2D eigenvalue weighted by Gasteiger charge is 2.12. The van der Waals surface area contributed by atoms with Crippen LogP contribution in [0.25, 0.3) is 0 Å². The second-order valence-corrected chi connectivity index (χ2v) is 5.71. The van der Waals surface area contributed by atoms with Gasteiger partial charge in [0.05, 0.1) is 5.56 Å². The van der Waals surface area contributed by atoms with Gasteiger partial charge in [0.1, 0.15) is 5.75 Å². The number of anilines is 1. The van der Waals surface area contributed by atoms with E-state index in [-0.39, 0.29) is 11.7 Å². The van der Waals surface area contributed by atoms with Crippen LogP contribution >= 0.6 is 15.9 Å². The maximum atomic E-state index is 12.2. The molecule has 21 heavy (non-hydrogen) atoms. The molecule has 0 saturated carbocycles. The Hall–Kier alpha value is -1.81. The summed E-state index contributed by atoms with van der Waals surface area (Å²) in [6.45, 7) is 1.77. The first-order chi connectivity index (χ1) is 10.1. The molecule has 0 aromatic heterocycles. The smallest absolute Gasteiger partial charge is 0.259 e. The van der Waals surface area contributed by atoms with Gasteiger partial charge in [-0.2, -0.15) is 0 Å². The summed E-state index contributed by atoms with van der Waals surface area (Å²) in [6.07, 6.45) is 2.01. The zero-order valence-corrected chi connectivity index (χ0v) is 13.5. The van der Waals surface area contributed by atoms with Crippen LogP contribution in [-0.4, -0.2) is 16.3 Å². The molecule has 2 rings (SSSR count). The van der Waals surface area contributed by atoms with Gasteiger partial charge in [0.25, 0.3) is 5.91 Å². The first-order valence-corrected chi connectivity index (χ1v) is 7.99. The SMILES string of the molecule is Cc1cccc(C(=O)Nc2cccc(CCCBr)c2)c1O. The molecule has 2 N–H and O–H groups in total. The Balaban J connectivity index is 2.14. The van der Waals surface area contributed by atoms with Crippen LogP contribution in [-0.2, 0) is 6.42 Å². The number of carbonyl (C=O) groups excluding carboxylic acids is 1. The molecule has 0 aliphatic heterocycles. The number of rotatable bonds is 5. The molecule has 3 nitrogen and oxygen atoms in total. The second kappa shape index (κ2) is 7.27. The van der Waals surface area contributed by atoms with Crippen molar-refractivity contribution in [2.75, 3.05) is 10.6 Å². The average molecular weight is 348 g/mol. The largest absolute Gasteiger partial charge is 0.507 e. The average Bonchev–Trinajstić information content (AvgIpc) is 2.48. The van der Waals surface area contributed by atoms with Crippen LogP contribution in [0.1, 0.15) is 27.9 Å². The van der Waals surface area contributed by atoms with Crippen LogP contribution < -0.4 is 5.32 Å². The quantitative estimate of drug-likeness (QED) is 0.793. The fourth-order valence-electron chi connectivity index (χ4n) is 2.12. The van der Waals surface area contributed by atoms with Crippen molar-refractivity contribution < 1.29 is 9.90 Å². The fraction of sp³-hybridized carbons (Fsp3) is 0.235. The van der Waals surface area contributed by atoms with E-state index in [0.29, 0.717) is 11.1 Å². The Kier molecular flexibility index (Phi) is 5.39. The number of halogens is 1. The number of aromatic hydroxyl groups is 1. The molecule has 1 amide bonds. The van der Waals surface area contributed by atoms with Crippen molar-refractivity contribution in [1.82, 2.24) is 0 Å². The fourth-order valence-corrected chi connectivity index (χ4v) is 2.40. The molecule has 4 heteroatoms. The second-order valence-electron chi connectivity index (χ2n) is 4.92. The number of para-hydroxylation sites is 1. The zero-order valence-electron chi connectivity index (χ0n) is 11.9. The molecule has 0 atom stereocenters. The number of alkyl halides is 1. The summed E-state index contributed by atoms with van der Waals surface area (Å²) in [6, 6.07) is 12.9. The van der Waals surface area contributed by atoms with E-state index in [0.717, 1.165) is 23.9 Å². The van der Waals surface area contributed by atoms with Crippen molar-refractivity contribution in [1.29, 1.82) is 0 Å². The van der Waals surface area contributed by atoms with Crippen LogP contribution in [0, 0.1) is 6.92 Å². The molecule has 0 saturated heterocycles. The maximum absolute atomic E-state index is 12.2. The molecule has 0 spiro atoms. The van der Waals surface area contributed by atoms with E-state index in [2.05, 4.69) is 21.2 Å². The summed E-state index contributed by atoms with van der Waals surface area (Å²) in [4.78, 5) is 12.2. The molecule has 0 heterocycles. The minimum absolute atomic E-state index is 0.0328. The Labute approximate surface area is 133 Å². The summed E-state index contributed by atoms with van der Waals surface area (Å²) < 4.78 is 0. The Morgan fingerprint density at radius 2 is 2.00 bits per heavy atom. The third-order valence-electron chi connectivity index (χ3n) is 3.27. The maximum Gasteiger partial charge on any atom is 0.259 e. The van der Waals surface area contributed by atoms with E-state index < -0.39 is 0 Å². The first-order valence-electron chi connectivity index (χ1n) is 6.86. The highest BCUT2D eigenvalue weighted by molar-refractivity contribution is 9.09. The summed E-state index contributed by atoms with van der Waals surface area (Å²) in [5.41, 5.74) is 2.91. The molecule has 2 aromatic carbocycles. The number of hydrogen-bond donors (Lipinski definition) is 2. The van der Waals surface area contributed by atoms with Gasteiger partial charge in [-0.05, 0) is 49.1 Å². The van der Waals surface area contributed by atoms with Gasteiger partial charge >= 0.3 is 0 Å². The number of amides is 1. The van der Waals surface area contributed by atoms with Crippen molar-refractivity contribution in [2.45, 2.75) is 19.8 Å². The van der Waals surface area contributed by atoms with Gasteiger partial charge in [-0.15, -0.1) is 0 Å². The van der Waals surface area contributed by atoms with Crippen molar-refractivity contribution >= 4 is 27.5 Å². The molecule has 0 radical (unpaired) electrons. The van der Waals surface area contributed by atoms with Crippen LogP contribution in [0.15, 0.2) is 42.5 Å². The van der Waals surface area contributed by atoms with Gasteiger partial charge in [-0.25, -0.2) is 0 Å². The number of phenolic OH excluding ortho intramolecular Hbond substituents is 1. The molecular weight excluding hydrogens is 330 g/mol. The predicted octanol–water partition coefficient (Wildman–Crippen LogP) is 4.28. The number of nitrogens with one attached hydrogen (secondary N) is 1. The minimum Gasteiger partial charge on any atom is -0.507 e. The van der Waals surface area contributed by atoms with Crippen LogP contribution in [0.2, 0.25) is 0 Å². The summed E-state index contributed by atoms with van der Waals surface area (Å²) in [5, 5.41) is 13.7. The summed E-state index contributed by atoms with van der Waals surface area (Å²) in [7, 11) is 0. The zero-order chi connectivity index (χ0) is 15.2. The van der Waals surface area contributed by atoms with Crippen molar-refractivity contribution in [2.24, 2.45) is 0 Å². The molecule has 0 unspecified atom stereocenters. The normalized spacial score (nSPS) is 10.4. The highest BCUT2D eigenvalue weighted by Crippen LogP contribution is 2.23. The number of carbonyl (C=O) groups is 1. The topological polar surface area (TPSA) is 49.3 Å². The standard InChI is InChI=1S/C17H18BrNO2/c1-12-5-2-9-15(16(12)20)17(21)19-14-8-3-6-13(11-14)7-4-10-18/h2-3,5-6,8-9,11,20H,4,7,10H2,1H3,(H,19,21). The van der Waals surface area contributed by atoms with Crippen molar-refractivity contribution in [3.05, 3.63) is 59.2 Å². The Morgan fingerprint density at radius 1 is 1.24 bits per heavy atom.